The zero-order chi connectivity index (χ0) is 7.98. The molecule has 10 heavy (non-hydrogen) atoms. The molecule has 0 aromatic rings. The van der Waals surface area contributed by atoms with E-state index in [1.807, 2.05) is 6.92 Å². The molecule has 2 N–H and O–H groups in total. The minimum absolute atomic E-state index is 0.0730. The van der Waals surface area contributed by atoms with Crippen molar-refractivity contribution in [2.45, 2.75) is 20.8 Å². The molecule has 0 aliphatic rings. The van der Waals surface area contributed by atoms with Crippen molar-refractivity contribution in [1.82, 2.24) is 10.6 Å². The standard InChI is InChI=1S/C7H16N2O/c1-4-8-7(10)9-5-6(2)3/h6H,4-5H2,1-3H3,(H2,8,9,10). The molecule has 0 aliphatic heterocycles. The van der Waals surface area contributed by atoms with Gasteiger partial charge >= 0.3 is 6.03 Å². The first kappa shape index (κ1) is 9.27. The summed E-state index contributed by atoms with van der Waals surface area (Å²) in [6.45, 7) is 7.45. The Labute approximate surface area is 62.2 Å². The first-order valence-electron chi connectivity index (χ1n) is 3.68. The smallest absolute Gasteiger partial charge is 0.314 e. The number of carbonyl (C=O) groups excluding carboxylic acids is 1. The molecule has 0 aromatic heterocycles. The van der Waals surface area contributed by atoms with Gasteiger partial charge in [0.15, 0.2) is 0 Å². The summed E-state index contributed by atoms with van der Waals surface area (Å²) in [6, 6.07) is -0.0730. The summed E-state index contributed by atoms with van der Waals surface area (Å²) < 4.78 is 0. The number of amides is 2. The fourth-order valence-corrected chi connectivity index (χ4v) is 0.520. The molecule has 0 fully saturated rings. The Balaban J connectivity index is 3.22. The van der Waals surface area contributed by atoms with E-state index in [0.29, 0.717) is 12.5 Å². The zero-order valence-electron chi connectivity index (χ0n) is 6.90. The highest BCUT2D eigenvalue weighted by Crippen LogP contribution is 1.85. The van der Waals surface area contributed by atoms with Gasteiger partial charge in [0.1, 0.15) is 0 Å². The van der Waals surface area contributed by atoms with Crippen LogP contribution in [-0.4, -0.2) is 19.1 Å². The van der Waals surface area contributed by atoms with E-state index in [1.54, 1.807) is 0 Å². The van der Waals surface area contributed by atoms with Crippen LogP contribution in [0.2, 0.25) is 0 Å². The summed E-state index contributed by atoms with van der Waals surface area (Å²) in [5, 5.41) is 5.38. The maximum Gasteiger partial charge on any atom is 0.314 e. The van der Waals surface area contributed by atoms with Crippen LogP contribution in [0.5, 0.6) is 0 Å². The first-order valence-corrected chi connectivity index (χ1v) is 3.68. The molecule has 0 spiro atoms. The summed E-state index contributed by atoms with van der Waals surface area (Å²) in [6.07, 6.45) is 0. The average molecular weight is 144 g/mol. The third-order valence-electron chi connectivity index (χ3n) is 1.01. The lowest BCUT2D eigenvalue weighted by Gasteiger charge is -2.06. The van der Waals surface area contributed by atoms with Gasteiger partial charge in [0, 0.05) is 13.1 Å². The van der Waals surface area contributed by atoms with Crippen molar-refractivity contribution in [3.63, 3.8) is 0 Å². The minimum Gasteiger partial charge on any atom is -0.338 e. The van der Waals surface area contributed by atoms with Gasteiger partial charge in [-0.15, -0.1) is 0 Å². The maximum absolute atomic E-state index is 10.7. The van der Waals surface area contributed by atoms with Crippen molar-refractivity contribution in [1.29, 1.82) is 0 Å². The molecular weight excluding hydrogens is 128 g/mol. The van der Waals surface area contributed by atoms with E-state index < -0.39 is 0 Å². The van der Waals surface area contributed by atoms with Crippen LogP contribution in [0.15, 0.2) is 0 Å². The SMILES string of the molecule is CCNC(=O)NCC(C)C. The Morgan fingerprint density at radius 2 is 2.00 bits per heavy atom. The molecule has 0 aliphatic carbocycles. The van der Waals surface area contributed by atoms with Crippen molar-refractivity contribution in [2.75, 3.05) is 13.1 Å². The van der Waals surface area contributed by atoms with Gasteiger partial charge in [-0.05, 0) is 12.8 Å². The monoisotopic (exact) mass is 144 g/mol. The van der Waals surface area contributed by atoms with Crippen LogP contribution in [-0.2, 0) is 0 Å². The molecule has 0 rings (SSSR count). The second-order valence-corrected chi connectivity index (χ2v) is 2.63. The van der Waals surface area contributed by atoms with Gasteiger partial charge in [-0.3, -0.25) is 0 Å². The fourth-order valence-electron chi connectivity index (χ4n) is 0.520. The second kappa shape index (κ2) is 5.09. The molecular formula is C7H16N2O. The number of nitrogens with one attached hydrogen (secondary N) is 2. The van der Waals surface area contributed by atoms with Crippen LogP contribution in [0.4, 0.5) is 4.79 Å². The summed E-state index contributed by atoms with van der Waals surface area (Å²) >= 11 is 0. The highest BCUT2D eigenvalue weighted by atomic mass is 16.2. The molecule has 0 bridgehead atoms. The largest absolute Gasteiger partial charge is 0.338 e. The van der Waals surface area contributed by atoms with E-state index >= 15 is 0 Å². The Bertz CT molecular complexity index is 102. The first-order chi connectivity index (χ1) is 4.66. The minimum atomic E-state index is -0.0730. The van der Waals surface area contributed by atoms with E-state index in [1.165, 1.54) is 0 Å². The van der Waals surface area contributed by atoms with Crippen LogP contribution in [0.3, 0.4) is 0 Å². The Morgan fingerprint density at radius 1 is 1.40 bits per heavy atom. The van der Waals surface area contributed by atoms with E-state index in [9.17, 15) is 4.79 Å². The highest BCUT2D eigenvalue weighted by Gasteiger charge is 1.97. The molecule has 0 saturated carbocycles. The van der Waals surface area contributed by atoms with Crippen LogP contribution in [0, 0.1) is 5.92 Å². The van der Waals surface area contributed by atoms with Crippen LogP contribution in [0.25, 0.3) is 0 Å². The van der Waals surface area contributed by atoms with Crippen molar-refractivity contribution in [2.24, 2.45) is 5.92 Å². The van der Waals surface area contributed by atoms with Gasteiger partial charge in [0.25, 0.3) is 0 Å². The Hall–Kier alpha value is -0.730. The van der Waals surface area contributed by atoms with Gasteiger partial charge in [0.05, 0.1) is 0 Å². The molecule has 2 amide bonds. The number of hydrogen-bond acceptors (Lipinski definition) is 1. The maximum atomic E-state index is 10.7. The van der Waals surface area contributed by atoms with Crippen LogP contribution >= 0.6 is 0 Å². The normalized spacial score (nSPS) is 9.60. The summed E-state index contributed by atoms with van der Waals surface area (Å²) in [5.41, 5.74) is 0. The quantitative estimate of drug-likeness (QED) is 0.608. The van der Waals surface area contributed by atoms with E-state index in [4.69, 9.17) is 0 Å². The third kappa shape index (κ3) is 5.41. The molecule has 0 aromatic carbocycles. The molecule has 60 valence electrons. The molecule has 3 heteroatoms. The lowest BCUT2D eigenvalue weighted by atomic mass is 10.2. The fraction of sp³-hybridized carbons (Fsp3) is 0.857. The van der Waals surface area contributed by atoms with Crippen molar-refractivity contribution in [3.8, 4) is 0 Å². The molecule has 0 unspecified atom stereocenters. The second-order valence-electron chi connectivity index (χ2n) is 2.63. The van der Waals surface area contributed by atoms with Gasteiger partial charge in [-0.25, -0.2) is 4.79 Å². The summed E-state index contributed by atoms with van der Waals surface area (Å²) in [7, 11) is 0. The molecule has 0 saturated heterocycles. The number of hydrogen-bond donors (Lipinski definition) is 2. The lowest BCUT2D eigenvalue weighted by molar-refractivity contribution is 0.240. The Kier molecular flexibility index (Phi) is 4.72. The molecule has 0 radical (unpaired) electrons. The highest BCUT2D eigenvalue weighted by molar-refractivity contribution is 5.73. The third-order valence-corrected chi connectivity index (χ3v) is 1.01. The topological polar surface area (TPSA) is 41.1 Å². The van der Waals surface area contributed by atoms with Crippen molar-refractivity contribution < 1.29 is 4.79 Å². The van der Waals surface area contributed by atoms with Crippen LogP contribution in [0.1, 0.15) is 20.8 Å². The van der Waals surface area contributed by atoms with Gasteiger partial charge in [0.2, 0.25) is 0 Å². The van der Waals surface area contributed by atoms with Gasteiger partial charge in [-0.1, -0.05) is 13.8 Å². The van der Waals surface area contributed by atoms with E-state index in [-0.39, 0.29) is 6.03 Å². The summed E-state index contributed by atoms with van der Waals surface area (Å²) in [4.78, 5) is 10.7. The number of carbonyl (C=O) groups is 1. The predicted octanol–water partition coefficient (Wildman–Crippen LogP) is 0.962. The van der Waals surface area contributed by atoms with Gasteiger partial charge in [-0.2, -0.15) is 0 Å². The zero-order valence-corrected chi connectivity index (χ0v) is 6.90. The van der Waals surface area contributed by atoms with Crippen molar-refractivity contribution in [3.05, 3.63) is 0 Å². The molecule has 0 atom stereocenters. The summed E-state index contributed by atoms with van der Waals surface area (Å²) in [5.74, 6) is 0.516. The molecule has 0 heterocycles. The van der Waals surface area contributed by atoms with E-state index in [2.05, 4.69) is 24.5 Å². The van der Waals surface area contributed by atoms with Crippen molar-refractivity contribution >= 4 is 6.03 Å². The average Bonchev–Trinajstić information content (AvgIpc) is 1.85. The van der Waals surface area contributed by atoms with Gasteiger partial charge < -0.3 is 10.6 Å². The lowest BCUT2D eigenvalue weighted by Crippen LogP contribution is -2.37. The molecule has 3 nitrogen and oxygen atoms in total. The van der Waals surface area contributed by atoms with Crippen LogP contribution < -0.4 is 10.6 Å². The van der Waals surface area contributed by atoms with E-state index in [0.717, 1.165) is 6.54 Å². The number of rotatable bonds is 3. The predicted molar refractivity (Wildman–Crippen MR) is 41.9 cm³/mol. The Morgan fingerprint density at radius 3 is 2.40 bits per heavy atom. The number of urea groups is 1.